The van der Waals surface area contributed by atoms with Crippen molar-refractivity contribution < 1.29 is 23.9 Å². The topological polar surface area (TPSA) is 87.2 Å². The molecule has 3 aliphatic heterocycles. The van der Waals surface area contributed by atoms with Crippen LogP contribution in [0.15, 0.2) is 24.3 Å². The summed E-state index contributed by atoms with van der Waals surface area (Å²) in [4.78, 5) is 55.3. The van der Waals surface area contributed by atoms with Crippen LogP contribution in [0.2, 0.25) is 0 Å². The molecule has 2 saturated heterocycles. The number of piperazine rings is 1. The number of amides is 3. The van der Waals surface area contributed by atoms with Crippen LogP contribution in [-0.4, -0.2) is 82.6 Å². The number of carbonyl (C=O) groups excluding carboxylic acids is 4. The van der Waals surface area contributed by atoms with E-state index in [0.717, 1.165) is 0 Å². The van der Waals surface area contributed by atoms with Gasteiger partial charge >= 0.3 is 0 Å². The monoisotopic (exact) mass is 427 g/mol. The Labute approximate surface area is 182 Å². The minimum absolute atomic E-state index is 0.0109. The Bertz CT molecular complexity index is 908. The van der Waals surface area contributed by atoms with Crippen LogP contribution in [0.4, 0.5) is 0 Å². The molecular weight excluding hydrogens is 398 g/mol. The maximum atomic E-state index is 13.1. The highest BCUT2D eigenvalue weighted by atomic mass is 16.5. The highest BCUT2D eigenvalue weighted by molar-refractivity contribution is 6.00. The summed E-state index contributed by atoms with van der Waals surface area (Å²) in [6.45, 7) is 5.64. The van der Waals surface area contributed by atoms with Crippen LogP contribution in [0.25, 0.3) is 0 Å². The second-order valence-corrected chi connectivity index (χ2v) is 8.73. The fourth-order valence-corrected chi connectivity index (χ4v) is 4.82. The first kappa shape index (κ1) is 21.3. The standard InChI is InChI=1S/C23H29N3O5/c1-16(22(30)25-13-11-24(12-14-25)17(2)27)26-10-9-23(8-7-21(26)29)15-19(28)18-5-3-4-6-20(18)31-23/h3-6,16H,7-15H2,1-2H3/t16-,23-/m0/s1. The van der Waals surface area contributed by atoms with Crippen molar-refractivity contribution >= 4 is 23.5 Å². The summed E-state index contributed by atoms with van der Waals surface area (Å²) in [7, 11) is 0. The van der Waals surface area contributed by atoms with Gasteiger partial charge in [0.15, 0.2) is 5.78 Å². The third-order valence-electron chi connectivity index (χ3n) is 6.78. The summed E-state index contributed by atoms with van der Waals surface area (Å²) in [6, 6.07) is 6.64. The molecule has 8 nitrogen and oxygen atoms in total. The summed E-state index contributed by atoms with van der Waals surface area (Å²) in [5.74, 6) is 0.438. The Hall–Kier alpha value is -2.90. The molecule has 2 atom stereocenters. The van der Waals surface area contributed by atoms with Gasteiger partial charge in [0, 0.05) is 52.5 Å². The number of Topliss-reactive ketones (excluding diaryl/α,β-unsaturated/α-hetero) is 1. The van der Waals surface area contributed by atoms with Gasteiger partial charge in [-0.05, 0) is 25.5 Å². The Kier molecular flexibility index (Phi) is 5.73. The van der Waals surface area contributed by atoms with Crippen LogP contribution in [0.3, 0.4) is 0 Å². The van der Waals surface area contributed by atoms with Crippen LogP contribution in [0, 0.1) is 0 Å². The zero-order valence-electron chi connectivity index (χ0n) is 18.1. The van der Waals surface area contributed by atoms with E-state index in [4.69, 9.17) is 4.74 Å². The van der Waals surface area contributed by atoms with Gasteiger partial charge in [-0.25, -0.2) is 0 Å². The largest absolute Gasteiger partial charge is 0.486 e. The molecule has 3 aliphatic rings. The fraction of sp³-hybridized carbons (Fsp3) is 0.565. The Balaban J connectivity index is 1.43. The van der Waals surface area contributed by atoms with Crippen molar-refractivity contribution in [2.45, 2.75) is 51.2 Å². The quantitative estimate of drug-likeness (QED) is 0.714. The number of benzene rings is 1. The van der Waals surface area contributed by atoms with Crippen molar-refractivity contribution in [3.63, 3.8) is 0 Å². The fourth-order valence-electron chi connectivity index (χ4n) is 4.82. The van der Waals surface area contributed by atoms with Gasteiger partial charge in [-0.3, -0.25) is 19.2 Å². The third-order valence-corrected chi connectivity index (χ3v) is 6.78. The molecule has 0 aliphatic carbocycles. The van der Waals surface area contributed by atoms with E-state index in [1.54, 1.807) is 33.8 Å². The Morgan fingerprint density at radius 2 is 1.68 bits per heavy atom. The molecule has 1 aromatic rings. The van der Waals surface area contributed by atoms with Crippen LogP contribution in [0.1, 0.15) is 49.9 Å². The lowest BCUT2D eigenvalue weighted by atomic mass is 9.84. The van der Waals surface area contributed by atoms with Crippen LogP contribution < -0.4 is 4.74 Å². The van der Waals surface area contributed by atoms with E-state index in [1.807, 2.05) is 12.1 Å². The van der Waals surface area contributed by atoms with E-state index < -0.39 is 11.6 Å². The van der Waals surface area contributed by atoms with E-state index in [1.165, 1.54) is 6.92 Å². The van der Waals surface area contributed by atoms with Crippen LogP contribution in [-0.2, 0) is 14.4 Å². The molecule has 4 rings (SSSR count). The second kappa shape index (κ2) is 8.32. The maximum absolute atomic E-state index is 13.1. The van der Waals surface area contributed by atoms with E-state index in [-0.39, 0.29) is 36.3 Å². The van der Waals surface area contributed by atoms with Gasteiger partial charge in [0.25, 0.3) is 0 Å². The lowest BCUT2D eigenvalue weighted by Crippen LogP contribution is -2.55. The number of hydrogen-bond donors (Lipinski definition) is 0. The molecule has 2 fully saturated rings. The first-order valence-electron chi connectivity index (χ1n) is 10.9. The average molecular weight is 428 g/mol. The number of para-hydroxylation sites is 1. The first-order chi connectivity index (χ1) is 14.8. The molecule has 3 heterocycles. The van der Waals surface area contributed by atoms with Gasteiger partial charge < -0.3 is 19.4 Å². The number of fused-ring (bicyclic) bond motifs is 1. The summed E-state index contributed by atoms with van der Waals surface area (Å²) in [5, 5.41) is 0. The van der Waals surface area contributed by atoms with Crippen molar-refractivity contribution in [1.82, 2.24) is 14.7 Å². The molecule has 0 bridgehead atoms. The number of rotatable bonds is 2. The molecule has 0 radical (unpaired) electrons. The molecule has 0 N–H and O–H groups in total. The molecule has 0 unspecified atom stereocenters. The van der Waals surface area contributed by atoms with Crippen molar-refractivity contribution in [3.05, 3.63) is 29.8 Å². The lowest BCUT2D eigenvalue weighted by molar-refractivity contribution is -0.147. The summed E-state index contributed by atoms with van der Waals surface area (Å²) < 4.78 is 6.27. The minimum Gasteiger partial charge on any atom is -0.486 e. The summed E-state index contributed by atoms with van der Waals surface area (Å²) in [5.41, 5.74) is -0.111. The molecular formula is C23H29N3O5. The second-order valence-electron chi connectivity index (χ2n) is 8.73. The normalized spacial score (nSPS) is 25.0. The Morgan fingerprint density at radius 3 is 2.39 bits per heavy atom. The SMILES string of the molecule is CC(=O)N1CCN(C(=O)[C@H](C)N2CC[C@@]3(CCC2=O)CC(=O)c2ccccc2O3)CC1. The van der Waals surface area contributed by atoms with E-state index in [0.29, 0.717) is 56.9 Å². The van der Waals surface area contributed by atoms with Crippen molar-refractivity contribution in [3.8, 4) is 5.75 Å². The highest BCUT2D eigenvalue weighted by Gasteiger charge is 2.44. The van der Waals surface area contributed by atoms with Gasteiger partial charge in [0.2, 0.25) is 17.7 Å². The van der Waals surface area contributed by atoms with E-state index in [2.05, 4.69) is 0 Å². The van der Waals surface area contributed by atoms with Crippen LogP contribution in [0.5, 0.6) is 5.75 Å². The molecule has 166 valence electrons. The molecule has 3 amide bonds. The molecule has 8 heteroatoms. The number of ketones is 1. The number of likely N-dealkylation sites (tertiary alicyclic amines) is 1. The number of carbonyl (C=O) groups is 4. The molecule has 1 aromatic carbocycles. The minimum atomic E-state index is -0.703. The third kappa shape index (κ3) is 4.16. The van der Waals surface area contributed by atoms with E-state index in [9.17, 15) is 19.2 Å². The van der Waals surface area contributed by atoms with Gasteiger partial charge in [-0.15, -0.1) is 0 Å². The number of ether oxygens (including phenoxy) is 1. The first-order valence-corrected chi connectivity index (χ1v) is 10.9. The molecule has 1 spiro atoms. The smallest absolute Gasteiger partial charge is 0.245 e. The van der Waals surface area contributed by atoms with Gasteiger partial charge in [-0.2, -0.15) is 0 Å². The summed E-state index contributed by atoms with van der Waals surface area (Å²) >= 11 is 0. The molecule has 0 saturated carbocycles. The van der Waals surface area contributed by atoms with Gasteiger partial charge in [-0.1, -0.05) is 12.1 Å². The predicted octanol–water partition coefficient (Wildman–Crippen LogP) is 1.48. The highest BCUT2D eigenvalue weighted by Crippen LogP contribution is 2.39. The average Bonchev–Trinajstić information content (AvgIpc) is 2.92. The number of nitrogens with zero attached hydrogens (tertiary/aromatic N) is 3. The van der Waals surface area contributed by atoms with Gasteiger partial charge in [0.1, 0.15) is 17.4 Å². The van der Waals surface area contributed by atoms with Crippen molar-refractivity contribution in [2.24, 2.45) is 0 Å². The Morgan fingerprint density at radius 1 is 1.00 bits per heavy atom. The van der Waals surface area contributed by atoms with Crippen molar-refractivity contribution in [1.29, 1.82) is 0 Å². The number of hydrogen-bond acceptors (Lipinski definition) is 5. The maximum Gasteiger partial charge on any atom is 0.245 e. The van der Waals surface area contributed by atoms with E-state index >= 15 is 0 Å². The predicted molar refractivity (Wildman–Crippen MR) is 113 cm³/mol. The molecule has 31 heavy (non-hydrogen) atoms. The van der Waals surface area contributed by atoms with Gasteiger partial charge in [0.05, 0.1) is 12.0 Å². The summed E-state index contributed by atoms with van der Waals surface area (Å²) in [6.07, 6.45) is 1.46. The zero-order chi connectivity index (χ0) is 22.2. The lowest BCUT2D eigenvalue weighted by Gasteiger charge is -2.38. The molecule has 0 aromatic heterocycles. The van der Waals surface area contributed by atoms with Crippen LogP contribution >= 0.6 is 0 Å². The zero-order valence-corrected chi connectivity index (χ0v) is 18.1. The van der Waals surface area contributed by atoms with Crippen molar-refractivity contribution in [2.75, 3.05) is 32.7 Å².